The van der Waals surface area contributed by atoms with E-state index in [0.717, 1.165) is 5.56 Å². The zero-order valence-corrected chi connectivity index (χ0v) is 17.1. The Morgan fingerprint density at radius 1 is 1.21 bits per heavy atom. The minimum Gasteiger partial charge on any atom is -0.503 e. The van der Waals surface area contributed by atoms with Gasteiger partial charge in [0.1, 0.15) is 5.56 Å². The molecular formula is C21H18BrN3O4. The topological polar surface area (TPSA) is 92.9 Å². The van der Waals surface area contributed by atoms with Gasteiger partial charge < -0.3 is 14.4 Å². The van der Waals surface area contributed by atoms with E-state index in [4.69, 9.17) is 4.74 Å². The molecule has 0 atom stereocenters. The summed E-state index contributed by atoms with van der Waals surface area (Å²) in [6.07, 6.45) is 2.99. The Balaban J connectivity index is 1.75. The molecule has 0 saturated carbocycles. The van der Waals surface area contributed by atoms with Gasteiger partial charge >= 0.3 is 0 Å². The van der Waals surface area contributed by atoms with Gasteiger partial charge in [0.15, 0.2) is 11.5 Å². The SMILES string of the molecule is COc1ccc(/C=N\NC(=O)c2cccn(Cc3ccccc3)c2=O)c(Br)c1O. The monoisotopic (exact) mass is 455 g/mol. The standard InChI is InChI=1S/C21H18BrN3O4/c1-29-17-10-9-15(18(22)19(17)26)12-23-24-20(27)16-8-5-11-25(21(16)28)13-14-6-3-2-4-7-14/h2-12,26H,13H2,1H3,(H,24,27)/b23-12-. The van der Waals surface area contributed by atoms with Crippen LogP contribution in [0.5, 0.6) is 11.5 Å². The number of nitrogens with zero attached hydrogens (tertiary/aromatic N) is 2. The summed E-state index contributed by atoms with van der Waals surface area (Å²) in [7, 11) is 1.44. The molecule has 1 heterocycles. The molecule has 0 fully saturated rings. The molecule has 3 aromatic rings. The van der Waals surface area contributed by atoms with E-state index in [9.17, 15) is 14.7 Å². The average Bonchev–Trinajstić information content (AvgIpc) is 2.73. The van der Waals surface area contributed by atoms with E-state index in [1.165, 1.54) is 24.0 Å². The number of amides is 1. The first-order chi connectivity index (χ1) is 14.0. The lowest BCUT2D eigenvalue weighted by Crippen LogP contribution is -2.30. The van der Waals surface area contributed by atoms with Crippen LogP contribution in [0.3, 0.4) is 0 Å². The van der Waals surface area contributed by atoms with Gasteiger partial charge in [-0.2, -0.15) is 5.10 Å². The van der Waals surface area contributed by atoms with Gasteiger partial charge in [-0.25, -0.2) is 5.43 Å². The number of aromatic hydroxyl groups is 1. The number of nitrogens with one attached hydrogen (secondary N) is 1. The number of carbonyl (C=O) groups is 1. The van der Waals surface area contributed by atoms with Crippen molar-refractivity contribution < 1.29 is 14.6 Å². The number of carbonyl (C=O) groups excluding carboxylic acids is 1. The summed E-state index contributed by atoms with van der Waals surface area (Å²) in [4.78, 5) is 25.0. The van der Waals surface area contributed by atoms with Gasteiger partial charge in [0.2, 0.25) is 0 Å². The number of phenols is 1. The zero-order chi connectivity index (χ0) is 20.8. The molecule has 0 aliphatic heterocycles. The second kappa shape index (κ2) is 9.20. The van der Waals surface area contributed by atoms with Crippen molar-refractivity contribution in [3.8, 4) is 11.5 Å². The van der Waals surface area contributed by atoms with Gasteiger partial charge in [-0.05, 0) is 45.8 Å². The number of rotatable bonds is 6. The minimum atomic E-state index is -0.623. The van der Waals surface area contributed by atoms with E-state index < -0.39 is 11.5 Å². The molecule has 29 heavy (non-hydrogen) atoms. The summed E-state index contributed by atoms with van der Waals surface area (Å²) in [6.45, 7) is 0.363. The van der Waals surface area contributed by atoms with Gasteiger partial charge in [-0.15, -0.1) is 0 Å². The Labute approximate surface area is 175 Å². The van der Waals surface area contributed by atoms with Crippen LogP contribution in [0.1, 0.15) is 21.5 Å². The second-order valence-electron chi connectivity index (χ2n) is 6.06. The molecule has 0 radical (unpaired) electrons. The highest BCUT2D eigenvalue weighted by Gasteiger charge is 2.12. The number of benzene rings is 2. The van der Waals surface area contributed by atoms with E-state index in [0.29, 0.717) is 22.3 Å². The van der Waals surface area contributed by atoms with Crippen molar-refractivity contribution in [3.05, 3.63) is 92.3 Å². The second-order valence-corrected chi connectivity index (χ2v) is 6.85. The predicted molar refractivity (Wildman–Crippen MR) is 114 cm³/mol. The summed E-state index contributed by atoms with van der Waals surface area (Å²) in [5.41, 5.74) is 3.39. The summed E-state index contributed by atoms with van der Waals surface area (Å²) in [5, 5.41) is 13.9. The number of hydrazone groups is 1. The first-order valence-electron chi connectivity index (χ1n) is 8.63. The van der Waals surface area contributed by atoms with E-state index in [1.807, 2.05) is 30.3 Å². The number of methoxy groups -OCH3 is 1. The van der Waals surface area contributed by atoms with Gasteiger partial charge in [-0.3, -0.25) is 9.59 Å². The molecule has 7 nitrogen and oxygen atoms in total. The number of pyridine rings is 1. The Kier molecular flexibility index (Phi) is 6.46. The molecule has 8 heteroatoms. The van der Waals surface area contributed by atoms with Crippen LogP contribution in [-0.2, 0) is 6.54 Å². The Bertz CT molecular complexity index is 1110. The van der Waals surface area contributed by atoms with E-state index in [2.05, 4.69) is 26.5 Å². The molecule has 0 aliphatic rings. The molecule has 0 spiro atoms. The van der Waals surface area contributed by atoms with E-state index in [-0.39, 0.29) is 11.3 Å². The molecule has 3 rings (SSSR count). The molecule has 148 valence electrons. The highest BCUT2D eigenvalue weighted by Crippen LogP contribution is 2.35. The fourth-order valence-corrected chi connectivity index (χ4v) is 3.09. The Morgan fingerprint density at radius 2 is 1.97 bits per heavy atom. The lowest BCUT2D eigenvalue weighted by atomic mass is 10.2. The van der Waals surface area contributed by atoms with Gasteiger partial charge in [0, 0.05) is 11.8 Å². The number of halogens is 1. The molecular weight excluding hydrogens is 438 g/mol. The van der Waals surface area contributed by atoms with Crippen molar-refractivity contribution >= 4 is 28.1 Å². The third-order valence-electron chi connectivity index (χ3n) is 4.16. The van der Waals surface area contributed by atoms with Crippen LogP contribution < -0.4 is 15.7 Å². The van der Waals surface area contributed by atoms with Crippen LogP contribution >= 0.6 is 15.9 Å². The third kappa shape index (κ3) is 4.72. The maximum atomic E-state index is 12.6. The molecule has 0 aliphatic carbocycles. The van der Waals surface area contributed by atoms with Crippen LogP contribution in [0.15, 0.2) is 75.2 Å². The maximum absolute atomic E-state index is 12.6. The molecule has 2 N–H and O–H groups in total. The van der Waals surface area contributed by atoms with Crippen molar-refractivity contribution in [2.24, 2.45) is 5.10 Å². The lowest BCUT2D eigenvalue weighted by Gasteiger charge is -2.08. The van der Waals surface area contributed by atoms with Crippen LogP contribution in [0.4, 0.5) is 0 Å². The Hall–Kier alpha value is -3.39. The molecule has 0 unspecified atom stereocenters. The van der Waals surface area contributed by atoms with E-state index in [1.54, 1.807) is 24.4 Å². The fraction of sp³-hybridized carbons (Fsp3) is 0.0952. The summed E-state index contributed by atoms with van der Waals surface area (Å²) >= 11 is 3.25. The largest absolute Gasteiger partial charge is 0.503 e. The lowest BCUT2D eigenvalue weighted by molar-refractivity contribution is 0.0953. The highest BCUT2D eigenvalue weighted by molar-refractivity contribution is 9.10. The van der Waals surface area contributed by atoms with Gasteiger partial charge in [-0.1, -0.05) is 30.3 Å². The van der Waals surface area contributed by atoms with Crippen LogP contribution in [0, 0.1) is 0 Å². The number of phenolic OH excluding ortho intramolecular Hbond substituents is 1. The molecule has 2 aromatic carbocycles. The maximum Gasteiger partial charge on any atom is 0.276 e. The van der Waals surface area contributed by atoms with Crippen LogP contribution in [0.25, 0.3) is 0 Å². The summed E-state index contributed by atoms with van der Waals surface area (Å²) in [5.74, 6) is -0.390. The zero-order valence-electron chi connectivity index (χ0n) is 15.5. The first kappa shape index (κ1) is 20.3. The van der Waals surface area contributed by atoms with Crippen molar-refractivity contribution in [1.29, 1.82) is 0 Å². The summed E-state index contributed by atoms with van der Waals surface area (Å²) in [6, 6.07) is 15.8. The van der Waals surface area contributed by atoms with Crippen molar-refractivity contribution in [3.63, 3.8) is 0 Å². The minimum absolute atomic E-state index is 0.0165. The number of hydrogen-bond acceptors (Lipinski definition) is 5. The van der Waals surface area contributed by atoms with E-state index >= 15 is 0 Å². The number of hydrogen-bond donors (Lipinski definition) is 2. The summed E-state index contributed by atoms with van der Waals surface area (Å²) < 4.78 is 6.86. The Morgan fingerprint density at radius 3 is 2.69 bits per heavy atom. The molecule has 0 bridgehead atoms. The van der Waals surface area contributed by atoms with Gasteiger partial charge in [0.05, 0.1) is 24.3 Å². The molecule has 1 amide bonds. The average molecular weight is 456 g/mol. The quantitative estimate of drug-likeness (QED) is 0.441. The number of aromatic nitrogens is 1. The highest BCUT2D eigenvalue weighted by atomic mass is 79.9. The predicted octanol–water partition coefficient (Wildman–Crippen LogP) is 3.14. The first-order valence-corrected chi connectivity index (χ1v) is 9.42. The van der Waals surface area contributed by atoms with Gasteiger partial charge in [0.25, 0.3) is 11.5 Å². The van der Waals surface area contributed by atoms with Crippen LogP contribution in [0.2, 0.25) is 0 Å². The fourth-order valence-electron chi connectivity index (χ4n) is 2.66. The van der Waals surface area contributed by atoms with Crippen molar-refractivity contribution in [1.82, 2.24) is 9.99 Å². The smallest absolute Gasteiger partial charge is 0.276 e. The van der Waals surface area contributed by atoms with Crippen molar-refractivity contribution in [2.75, 3.05) is 7.11 Å². The molecule has 1 aromatic heterocycles. The molecule has 0 saturated heterocycles. The normalized spacial score (nSPS) is 10.8. The van der Waals surface area contributed by atoms with Crippen LogP contribution in [-0.4, -0.2) is 28.9 Å². The number of ether oxygens (including phenoxy) is 1. The third-order valence-corrected chi connectivity index (χ3v) is 4.99. The van der Waals surface area contributed by atoms with Crippen molar-refractivity contribution in [2.45, 2.75) is 6.54 Å².